The van der Waals surface area contributed by atoms with Gasteiger partial charge in [-0.05, 0) is 39.0 Å². The average molecular weight is 494 g/mol. The first-order chi connectivity index (χ1) is 16.6. The van der Waals surface area contributed by atoms with Crippen LogP contribution in [0, 0.1) is 5.82 Å². The highest BCUT2D eigenvalue weighted by Gasteiger charge is 2.35. The number of carbonyl (C=O) groups excluding carboxylic acids is 1. The molecule has 0 atom stereocenters. The number of pyridine rings is 1. The Labute approximate surface area is 199 Å². The summed E-state index contributed by atoms with van der Waals surface area (Å²) in [5.41, 5.74) is -0.665. The highest BCUT2D eigenvalue weighted by atomic mass is 19.4. The summed E-state index contributed by atoms with van der Waals surface area (Å²) in [4.78, 5) is 21.6. The Bertz CT molecular complexity index is 1230. The van der Waals surface area contributed by atoms with Gasteiger partial charge in [0.05, 0.1) is 29.3 Å². The number of nitrogens with zero attached hydrogens (tertiary/aromatic N) is 2. The molecule has 4 N–H and O–H groups in total. The third kappa shape index (κ3) is 5.11. The predicted octanol–water partition coefficient (Wildman–Crippen LogP) is 4.34. The van der Waals surface area contributed by atoms with Crippen LogP contribution in [0.1, 0.15) is 28.8 Å². The van der Waals surface area contributed by atoms with E-state index in [9.17, 15) is 22.4 Å². The van der Waals surface area contributed by atoms with Crippen LogP contribution in [0.5, 0.6) is 5.75 Å². The monoisotopic (exact) mass is 494 g/mol. The van der Waals surface area contributed by atoms with Gasteiger partial charge in [0.25, 0.3) is 5.91 Å². The molecule has 8 nitrogen and oxygen atoms in total. The molecule has 1 aliphatic heterocycles. The van der Waals surface area contributed by atoms with E-state index in [4.69, 9.17) is 4.74 Å². The molecule has 1 aromatic carbocycles. The lowest BCUT2D eigenvalue weighted by Crippen LogP contribution is -2.43. The van der Waals surface area contributed by atoms with E-state index in [-0.39, 0.29) is 45.6 Å². The van der Waals surface area contributed by atoms with Gasteiger partial charge in [-0.2, -0.15) is 13.2 Å². The summed E-state index contributed by atoms with van der Waals surface area (Å²) in [6.45, 7) is 1.69. The number of nitrogens with one attached hydrogen (secondary N) is 4. The second-order valence-corrected chi connectivity index (χ2v) is 8.44. The van der Waals surface area contributed by atoms with E-state index in [2.05, 4.69) is 30.8 Å². The zero-order valence-electron chi connectivity index (χ0n) is 19.4. The van der Waals surface area contributed by atoms with E-state index in [0.29, 0.717) is 0 Å². The van der Waals surface area contributed by atoms with Crippen LogP contribution in [0.4, 0.5) is 34.8 Å². The highest BCUT2D eigenvalue weighted by Crippen LogP contribution is 2.39. The number of benzene rings is 1. The fourth-order valence-electron chi connectivity index (χ4n) is 4.17. The molecule has 0 aliphatic carbocycles. The molecule has 2 aromatic heterocycles. The van der Waals surface area contributed by atoms with Crippen molar-refractivity contribution in [2.75, 3.05) is 44.9 Å². The maximum Gasteiger partial charge on any atom is 0.418 e. The molecular weight excluding hydrogens is 468 g/mol. The van der Waals surface area contributed by atoms with Gasteiger partial charge in [-0.15, -0.1) is 0 Å². The van der Waals surface area contributed by atoms with E-state index in [1.54, 1.807) is 0 Å². The van der Waals surface area contributed by atoms with Gasteiger partial charge in [0.1, 0.15) is 23.0 Å². The molecule has 3 aromatic rings. The third-order valence-corrected chi connectivity index (χ3v) is 6.07. The van der Waals surface area contributed by atoms with Crippen molar-refractivity contribution >= 4 is 34.1 Å². The number of halogens is 4. The summed E-state index contributed by atoms with van der Waals surface area (Å²) in [6, 6.07) is 3.72. The van der Waals surface area contributed by atoms with Crippen molar-refractivity contribution in [1.82, 2.24) is 20.2 Å². The average Bonchev–Trinajstić information content (AvgIpc) is 3.25. The van der Waals surface area contributed by atoms with Crippen LogP contribution < -0.4 is 20.7 Å². The number of alkyl halides is 3. The fourth-order valence-corrected chi connectivity index (χ4v) is 4.17. The maximum atomic E-state index is 14.9. The van der Waals surface area contributed by atoms with E-state index >= 15 is 0 Å². The molecular formula is C23H26F4N6O2. The summed E-state index contributed by atoms with van der Waals surface area (Å²) in [5.74, 6) is -0.980. The molecule has 0 bridgehead atoms. The lowest BCUT2D eigenvalue weighted by Gasteiger charge is -2.29. The third-order valence-electron chi connectivity index (χ3n) is 6.07. The molecule has 35 heavy (non-hydrogen) atoms. The molecule has 1 saturated heterocycles. The molecule has 4 rings (SSSR count). The van der Waals surface area contributed by atoms with Crippen molar-refractivity contribution in [3.05, 3.63) is 41.3 Å². The fraction of sp³-hybridized carbons (Fsp3) is 0.391. The Morgan fingerprint density at radius 3 is 2.54 bits per heavy atom. The van der Waals surface area contributed by atoms with Crippen LogP contribution in [0.15, 0.2) is 24.4 Å². The zero-order chi connectivity index (χ0) is 25.3. The Kier molecular flexibility index (Phi) is 6.75. The Morgan fingerprint density at radius 1 is 1.20 bits per heavy atom. The molecule has 1 amide bonds. The topological polar surface area (TPSA) is 94.3 Å². The first-order valence-corrected chi connectivity index (χ1v) is 11.0. The molecule has 188 valence electrons. The largest absolute Gasteiger partial charge is 0.495 e. The molecule has 0 spiro atoms. The summed E-state index contributed by atoms with van der Waals surface area (Å²) < 4.78 is 60.3. The summed E-state index contributed by atoms with van der Waals surface area (Å²) in [7, 11) is 4.86. The van der Waals surface area contributed by atoms with Crippen molar-refractivity contribution in [3.8, 4) is 5.75 Å². The van der Waals surface area contributed by atoms with Crippen LogP contribution in [0.3, 0.4) is 0 Å². The minimum absolute atomic E-state index is 0.000221. The van der Waals surface area contributed by atoms with Crippen LogP contribution >= 0.6 is 0 Å². The standard InChI is InChI=1S/C23H26F4N6O2/c1-28-17-10-19(32-21-20(17)14(11-29-21)23(25,26)27)31-16-9-15(24)13(8-18(16)35-3)22(34)30-12-4-6-33(2)7-5-12/h8-12H,4-7H2,1-3H3,(H,30,34)(H3,28,29,31,32). The highest BCUT2D eigenvalue weighted by molar-refractivity contribution is 5.97. The SMILES string of the molecule is CNc1cc(Nc2cc(F)c(C(=O)NC3CCN(C)CC3)cc2OC)nc2[nH]cc(C(F)(F)F)c12. The smallest absolute Gasteiger partial charge is 0.418 e. The van der Waals surface area contributed by atoms with Crippen LogP contribution in [-0.2, 0) is 6.18 Å². The molecule has 3 heterocycles. The predicted molar refractivity (Wildman–Crippen MR) is 125 cm³/mol. The van der Waals surface area contributed by atoms with Gasteiger partial charge >= 0.3 is 6.18 Å². The second kappa shape index (κ2) is 9.61. The van der Waals surface area contributed by atoms with Crippen LogP contribution in [0.2, 0.25) is 0 Å². The van der Waals surface area contributed by atoms with Gasteiger partial charge in [0, 0.05) is 37.1 Å². The number of carbonyl (C=O) groups is 1. The Morgan fingerprint density at radius 2 is 1.91 bits per heavy atom. The number of likely N-dealkylation sites (tertiary alicyclic amines) is 1. The van der Waals surface area contributed by atoms with Gasteiger partial charge in [0.15, 0.2) is 0 Å². The molecule has 1 fully saturated rings. The lowest BCUT2D eigenvalue weighted by molar-refractivity contribution is -0.136. The first-order valence-electron chi connectivity index (χ1n) is 11.0. The number of fused-ring (bicyclic) bond motifs is 1. The normalized spacial score (nSPS) is 15.3. The number of hydrogen-bond donors (Lipinski definition) is 4. The van der Waals surface area contributed by atoms with Crippen molar-refractivity contribution in [1.29, 1.82) is 0 Å². The van der Waals surface area contributed by atoms with Gasteiger partial charge < -0.3 is 30.6 Å². The number of ether oxygens (including phenoxy) is 1. The second-order valence-electron chi connectivity index (χ2n) is 8.44. The number of aromatic amines is 1. The summed E-state index contributed by atoms with van der Waals surface area (Å²) in [6.07, 6.45) is -2.16. The summed E-state index contributed by atoms with van der Waals surface area (Å²) >= 11 is 0. The molecule has 0 radical (unpaired) electrons. The maximum absolute atomic E-state index is 14.9. The quantitative estimate of drug-likeness (QED) is 0.381. The molecule has 0 saturated carbocycles. The number of anilines is 3. The van der Waals surface area contributed by atoms with Crippen molar-refractivity contribution in [2.24, 2.45) is 0 Å². The number of hydrogen-bond acceptors (Lipinski definition) is 6. The number of methoxy groups -OCH3 is 1. The minimum atomic E-state index is -4.56. The Balaban J connectivity index is 1.61. The van der Waals surface area contributed by atoms with Gasteiger partial charge in [0.2, 0.25) is 0 Å². The van der Waals surface area contributed by atoms with E-state index in [0.717, 1.165) is 38.2 Å². The number of H-pyrrole nitrogens is 1. The van der Waals surface area contributed by atoms with Crippen LogP contribution in [-0.4, -0.2) is 61.1 Å². The first kappa shape index (κ1) is 24.6. The van der Waals surface area contributed by atoms with Gasteiger partial charge in [-0.1, -0.05) is 0 Å². The summed E-state index contributed by atoms with van der Waals surface area (Å²) in [5, 5.41) is 8.38. The van der Waals surface area contributed by atoms with E-state index in [1.807, 2.05) is 7.05 Å². The number of piperidine rings is 1. The molecule has 12 heteroatoms. The van der Waals surface area contributed by atoms with E-state index in [1.165, 1.54) is 26.3 Å². The number of amides is 1. The minimum Gasteiger partial charge on any atom is -0.495 e. The van der Waals surface area contributed by atoms with Gasteiger partial charge in [-0.25, -0.2) is 9.37 Å². The molecule has 1 aliphatic rings. The van der Waals surface area contributed by atoms with E-state index < -0.39 is 23.5 Å². The Hall–Kier alpha value is -3.54. The van der Waals surface area contributed by atoms with Crippen molar-refractivity contribution in [3.63, 3.8) is 0 Å². The van der Waals surface area contributed by atoms with Gasteiger partial charge in [-0.3, -0.25) is 4.79 Å². The zero-order valence-corrected chi connectivity index (χ0v) is 19.4. The number of aromatic nitrogens is 2. The van der Waals surface area contributed by atoms with Crippen LogP contribution in [0.25, 0.3) is 11.0 Å². The lowest BCUT2D eigenvalue weighted by atomic mass is 10.0. The van der Waals surface area contributed by atoms with Crippen molar-refractivity contribution in [2.45, 2.75) is 25.1 Å². The molecule has 0 unspecified atom stereocenters. The number of rotatable bonds is 6. The van der Waals surface area contributed by atoms with Crippen molar-refractivity contribution < 1.29 is 27.1 Å².